The highest BCUT2D eigenvalue weighted by Crippen LogP contribution is 2.26. The fraction of sp³-hybridized carbons (Fsp3) is 0.385. The van der Waals surface area contributed by atoms with Crippen molar-refractivity contribution in [1.29, 1.82) is 10.5 Å². The number of benzene rings is 1. The lowest BCUT2D eigenvalue weighted by atomic mass is 9.85. The van der Waals surface area contributed by atoms with E-state index in [1.165, 1.54) is 19.3 Å². The summed E-state index contributed by atoms with van der Waals surface area (Å²) in [6.45, 7) is 0.969. The first-order valence-corrected chi connectivity index (χ1v) is 5.51. The van der Waals surface area contributed by atoms with E-state index in [1.54, 1.807) is 12.1 Å². The molecule has 3 heteroatoms. The lowest BCUT2D eigenvalue weighted by Crippen LogP contribution is -2.20. The summed E-state index contributed by atoms with van der Waals surface area (Å²) >= 11 is 0. The molecule has 1 N–H and O–H groups in total. The number of anilines is 1. The predicted octanol–water partition coefficient (Wildman–Crippen LogP) is 2.64. The summed E-state index contributed by atoms with van der Waals surface area (Å²) in [4.78, 5) is 0. The third-order valence-electron chi connectivity index (χ3n) is 3.08. The lowest BCUT2D eigenvalue weighted by molar-refractivity contribution is 0.333. The Hall–Kier alpha value is -2.00. The van der Waals surface area contributed by atoms with Gasteiger partial charge in [0.05, 0.1) is 11.1 Å². The van der Waals surface area contributed by atoms with E-state index in [0.717, 1.165) is 18.2 Å². The minimum Gasteiger partial charge on any atom is -0.385 e. The highest BCUT2D eigenvalue weighted by Gasteiger charge is 2.16. The summed E-state index contributed by atoms with van der Waals surface area (Å²) in [5, 5.41) is 21.0. The molecule has 0 heterocycles. The Morgan fingerprint density at radius 3 is 2.50 bits per heavy atom. The molecule has 1 aromatic rings. The van der Waals surface area contributed by atoms with E-state index >= 15 is 0 Å². The zero-order valence-corrected chi connectivity index (χ0v) is 9.03. The molecule has 2 rings (SSSR count). The molecule has 0 unspecified atom stereocenters. The molecule has 1 aromatic carbocycles. The van der Waals surface area contributed by atoms with Crippen LogP contribution < -0.4 is 5.32 Å². The summed E-state index contributed by atoms with van der Waals surface area (Å²) in [5.74, 6) is 0.779. The van der Waals surface area contributed by atoms with Crippen LogP contribution in [-0.2, 0) is 0 Å². The van der Waals surface area contributed by atoms with Crippen LogP contribution in [0.2, 0.25) is 0 Å². The van der Waals surface area contributed by atoms with Gasteiger partial charge in [-0.3, -0.25) is 0 Å². The van der Waals surface area contributed by atoms with Crippen molar-refractivity contribution in [3.63, 3.8) is 0 Å². The van der Waals surface area contributed by atoms with Gasteiger partial charge in [0.25, 0.3) is 0 Å². The van der Waals surface area contributed by atoms with Crippen molar-refractivity contribution in [3.05, 3.63) is 29.3 Å². The van der Waals surface area contributed by atoms with Gasteiger partial charge in [-0.25, -0.2) is 0 Å². The molecule has 0 saturated heterocycles. The van der Waals surface area contributed by atoms with Crippen molar-refractivity contribution in [2.75, 3.05) is 11.9 Å². The number of nitriles is 2. The van der Waals surface area contributed by atoms with Gasteiger partial charge in [0.15, 0.2) is 0 Å². The second-order valence-electron chi connectivity index (χ2n) is 4.16. The molecule has 0 aliphatic heterocycles. The molecular weight excluding hydrogens is 198 g/mol. The first-order chi connectivity index (χ1) is 7.83. The molecule has 16 heavy (non-hydrogen) atoms. The molecule has 1 aliphatic rings. The van der Waals surface area contributed by atoms with Crippen molar-refractivity contribution in [2.24, 2.45) is 5.92 Å². The van der Waals surface area contributed by atoms with Crippen LogP contribution in [0.1, 0.15) is 30.4 Å². The van der Waals surface area contributed by atoms with Crippen LogP contribution >= 0.6 is 0 Å². The third kappa shape index (κ3) is 2.15. The predicted molar refractivity (Wildman–Crippen MR) is 61.7 cm³/mol. The highest BCUT2D eigenvalue weighted by molar-refractivity contribution is 5.56. The van der Waals surface area contributed by atoms with Gasteiger partial charge in [0.2, 0.25) is 0 Å². The average Bonchev–Trinajstić information content (AvgIpc) is 2.26. The van der Waals surface area contributed by atoms with Crippen molar-refractivity contribution in [2.45, 2.75) is 19.3 Å². The van der Waals surface area contributed by atoms with Gasteiger partial charge in [0, 0.05) is 12.2 Å². The Kier molecular flexibility index (Phi) is 3.08. The largest absolute Gasteiger partial charge is 0.385 e. The molecule has 80 valence electrons. The first kappa shape index (κ1) is 10.5. The van der Waals surface area contributed by atoms with Gasteiger partial charge in [0.1, 0.15) is 12.1 Å². The summed E-state index contributed by atoms with van der Waals surface area (Å²) in [5.41, 5.74) is 1.82. The van der Waals surface area contributed by atoms with Gasteiger partial charge in [-0.2, -0.15) is 10.5 Å². The number of rotatable bonds is 3. The Bertz CT molecular complexity index is 461. The maximum Gasteiger partial charge on any atom is 0.101 e. The molecule has 1 aliphatic carbocycles. The molecule has 0 spiro atoms. The molecular formula is C13H13N3. The summed E-state index contributed by atoms with van der Waals surface area (Å²) in [7, 11) is 0. The van der Waals surface area contributed by atoms with Crippen LogP contribution in [0.5, 0.6) is 0 Å². The lowest BCUT2D eigenvalue weighted by Gasteiger charge is -2.25. The standard InChI is InChI=1S/C13H13N3/c14-7-11-4-5-13(6-12(11)8-15)16-9-10-2-1-3-10/h4-6,10,16H,1-3,9H2. The zero-order valence-electron chi connectivity index (χ0n) is 9.03. The number of hydrogen-bond acceptors (Lipinski definition) is 3. The summed E-state index contributed by atoms with van der Waals surface area (Å²) in [6, 6.07) is 9.35. The Morgan fingerprint density at radius 2 is 1.94 bits per heavy atom. The minimum absolute atomic E-state index is 0.441. The molecule has 0 amide bonds. The van der Waals surface area contributed by atoms with E-state index in [0.29, 0.717) is 11.1 Å². The molecule has 1 fully saturated rings. The van der Waals surface area contributed by atoms with E-state index < -0.39 is 0 Å². The second-order valence-corrected chi connectivity index (χ2v) is 4.16. The van der Waals surface area contributed by atoms with Crippen LogP contribution in [0.4, 0.5) is 5.69 Å². The molecule has 1 saturated carbocycles. The van der Waals surface area contributed by atoms with Gasteiger partial charge in [-0.05, 0) is 37.0 Å². The van der Waals surface area contributed by atoms with Crippen LogP contribution in [0.15, 0.2) is 18.2 Å². The van der Waals surface area contributed by atoms with Crippen molar-refractivity contribution in [3.8, 4) is 12.1 Å². The van der Waals surface area contributed by atoms with E-state index in [2.05, 4.69) is 5.32 Å². The molecule has 0 atom stereocenters. The second kappa shape index (κ2) is 4.68. The summed E-state index contributed by atoms with van der Waals surface area (Å²) < 4.78 is 0. The maximum absolute atomic E-state index is 8.88. The number of nitrogens with one attached hydrogen (secondary N) is 1. The van der Waals surface area contributed by atoms with E-state index in [1.807, 2.05) is 18.2 Å². The van der Waals surface area contributed by atoms with Crippen LogP contribution in [0.3, 0.4) is 0 Å². The monoisotopic (exact) mass is 211 g/mol. The topological polar surface area (TPSA) is 59.6 Å². The number of hydrogen-bond donors (Lipinski definition) is 1. The quantitative estimate of drug-likeness (QED) is 0.836. The van der Waals surface area contributed by atoms with Crippen LogP contribution in [0, 0.1) is 28.6 Å². The van der Waals surface area contributed by atoms with Crippen molar-refractivity contribution in [1.82, 2.24) is 0 Å². The maximum atomic E-state index is 8.88. The van der Waals surface area contributed by atoms with E-state index in [-0.39, 0.29) is 0 Å². The van der Waals surface area contributed by atoms with Crippen molar-refractivity contribution >= 4 is 5.69 Å². The van der Waals surface area contributed by atoms with Crippen LogP contribution in [0.25, 0.3) is 0 Å². The highest BCUT2D eigenvalue weighted by atomic mass is 14.9. The van der Waals surface area contributed by atoms with E-state index in [4.69, 9.17) is 10.5 Å². The fourth-order valence-corrected chi connectivity index (χ4v) is 1.80. The van der Waals surface area contributed by atoms with Gasteiger partial charge in [-0.15, -0.1) is 0 Å². The Morgan fingerprint density at radius 1 is 1.19 bits per heavy atom. The third-order valence-corrected chi connectivity index (χ3v) is 3.08. The Labute approximate surface area is 95.3 Å². The Balaban J connectivity index is 2.05. The smallest absolute Gasteiger partial charge is 0.101 e. The normalized spacial score (nSPS) is 14.6. The van der Waals surface area contributed by atoms with Gasteiger partial charge < -0.3 is 5.32 Å². The molecule has 0 bridgehead atoms. The summed E-state index contributed by atoms with van der Waals surface area (Å²) in [6.07, 6.45) is 3.94. The number of nitrogens with zero attached hydrogens (tertiary/aromatic N) is 2. The molecule has 3 nitrogen and oxygen atoms in total. The molecule has 0 aromatic heterocycles. The zero-order chi connectivity index (χ0) is 11.4. The van der Waals surface area contributed by atoms with E-state index in [9.17, 15) is 0 Å². The van der Waals surface area contributed by atoms with Crippen LogP contribution in [-0.4, -0.2) is 6.54 Å². The fourth-order valence-electron chi connectivity index (χ4n) is 1.80. The van der Waals surface area contributed by atoms with Crippen molar-refractivity contribution < 1.29 is 0 Å². The van der Waals surface area contributed by atoms with Gasteiger partial charge in [-0.1, -0.05) is 6.42 Å². The molecule has 0 radical (unpaired) electrons. The first-order valence-electron chi connectivity index (χ1n) is 5.51. The SMILES string of the molecule is N#Cc1ccc(NCC2CCC2)cc1C#N. The minimum atomic E-state index is 0.441. The average molecular weight is 211 g/mol. The van der Waals surface area contributed by atoms with Gasteiger partial charge >= 0.3 is 0 Å².